The maximum Gasteiger partial charge on any atom is 0.129 e. The van der Waals surface area contributed by atoms with Gasteiger partial charge in [-0.3, -0.25) is 0 Å². The molecule has 2 nitrogen and oxygen atoms in total. The van der Waals surface area contributed by atoms with Crippen LogP contribution < -0.4 is 5.32 Å². The van der Waals surface area contributed by atoms with Gasteiger partial charge in [0.05, 0.1) is 0 Å². The summed E-state index contributed by atoms with van der Waals surface area (Å²) >= 11 is 0. The lowest BCUT2D eigenvalue weighted by Crippen LogP contribution is -2.34. The Morgan fingerprint density at radius 2 is 2.00 bits per heavy atom. The molecule has 0 saturated heterocycles. The fourth-order valence-corrected chi connectivity index (χ4v) is 1.74. The van der Waals surface area contributed by atoms with Crippen molar-refractivity contribution >= 4 is 0 Å². The first-order valence-corrected chi connectivity index (χ1v) is 5.74. The Morgan fingerprint density at radius 3 is 2.59 bits per heavy atom. The lowest BCUT2D eigenvalue weighted by molar-refractivity contribution is 0.283. The van der Waals surface area contributed by atoms with Crippen LogP contribution in [0.3, 0.4) is 0 Å². The van der Waals surface area contributed by atoms with E-state index in [0.29, 0.717) is 25.1 Å². The summed E-state index contributed by atoms with van der Waals surface area (Å²) < 4.78 is 26.4. The fraction of sp³-hybridized carbons (Fsp3) is 0.538. The molecule has 0 unspecified atom stereocenters. The second-order valence-corrected chi connectivity index (χ2v) is 4.76. The van der Waals surface area contributed by atoms with E-state index in [1.165, 1.54) is 12.1 Å². The maximum absolute atomic E-state index is 13.6. The molecule has 0 fully saturated rings. The van der Waals surface area contributed by atoms with Gasteiger partial charge in [-0.25, -0.2) is 8.78 Å². The van der Waals surface area contributed by atoms with Crippen LogP contribution in [0.2, 0.25) is 0 Å². The van der Waals surface area contributed by atoms with Gasteiger partial charge in [0.1, 0.15) is 11.6 Å². The number of halogens is 2. The van der Waals surface area contributed by atoms with Crippen LogP contribution in [-0.2, 0) is 5.41 Å². The number of nitrogens with one attached hydrogen (secondary N) is 1. The van der Waals surface area contributed by atoms with Crippen molar-refractivity contribution in [3.63, 3.8) is 0 Å². The number of aliphatic hydroxyl groups excluding tert-OH is 1. The highest BCUT2D eigenvalue weighted by Gasteiger charge is 2.23. The third-order valence-electron chi connectivity index (χ3n) is 2.74. The predicted octanol–water partition coefficient (Wildman–Crippen LogP) is 2.21. The molecule has 2 N–H and O–H groups in total. The van der Waals surface area contributed by atoms with Gasteiger partial charge in [0.2, 0.25) is 0 Å². The number of benzene rings is 1. The second kappa shape index (κ2) is 6.07. The summed E-state index contributed by atoms with van der Waals surface area (Å²) in [6, 6.07) is 3.66. The molecule has 1 aromatic rings. The van der Waals surface area contributed by atoms with E-state index in [2.05, 4.69) is 5.32 Å². The average molecular weight is 243 g/mol. The van der Waals surface area contributed by atoms with Gasteiger partial charge in [-0.1, -0.05) is 19.9 Å². The van der Waals surface area contributed by atoms with Crippen molar-refractivity contribution in [3.05, 3.63) is 35.4 Å². The molecule has 0 radical (unpaired) electrons. The largest absolute Gasteiger partial charge is 0.396 e. The third kappa shape index (κ3) is 4.06. The monoisotopic (exact) mass is 243 g/mol. The van der Waals surface area contributed by atoms with E-state index >= 15 is 0 Å². The summed E-state index contributed by atoms with van der Waals surface area (Å²) in [5.74, 6) is -1.07. The van der Waals surface area contributed by atoms with Crippen LogP contribution in [0.1, 0.15) is 25.8 Å². The van der Waals surface area contributed by atoms with Gasteiger partial charge in [0.25, 0.3) is 0 Å². The fourth-order valence-electron chi connectivity index (χ4n) is 1.74. The first-order valence-electron chi connectivity index (χ1n) is 5.74. The zero-order chi connectivity index (χ0) is 12.9. The van der Waals surface area contributed by atoms with Gasteiger partial charge in [-0.05, 0) is 24.6 Å². The first-order chi connectivity index (χ1) is 7.97. The molecule has 0 heterocycles. The summed E-state index contributed by atoms with van der Waals surface area (Å²) in [5.41, 5.74) is 0.0863. The Labute approximate surface area is 101 Å². The average Bonchev–Trinajstić information content (AvgIpc) is 2.24. The Morgan fingerprint density at radius 1 is 1.29 bits per heavy atom. The van der Waals surface area contributed by atoms with Crippen molar-refractivity contribution in [2.45, 2.75) is 25.7 Å². The predicted molar refractivity (Wildman–Crippen MR) is 64.0 cm³/mol. The van der Waals surface area contributed by atoms with Crippen LogP contribution in [0, 0.1) is 11.6 Å². The van der Waals surface area contributed by atoms with E-state index in [-0.39, 0.29) is 6.61 Å². The van der Waals surface area contributed by atoms with Crippen molar-refractivity contribution in [3.8, 4) is 0 Å². The minimum atomic E-state index is -0.560. The van der Waals surface area contributed by atoms with Crippen LogP contribution in [0.5, 0.6) is 0 Å². The summed E-state index contributed by atoms with van der Waals surface area (Å²) in [5, 5.41) is 11.8. The molecule has 0 bridgehead atoms. The van der Waals surface area contributed by atoms with E-state index in [0.717, 1.165) is 6.07 Å². The molecule has 0 aliphatic carbocycles. The zero-order valence-corrected chi connectivity index (χ0v) is 10.3. The molecule has 0 aliphatic heterocycles. The Kier molecular flexibility index (Phi) is 5.02. The molecular formula is C13H19F2NO. The quantitative estimate of drug-likeness (QED) is 0.751. The highest BCUT2D eigenvalue weighted by molar-refractivity contribution is 5.26. The van der Waals surface area contributed by atoms with Gasteiger partial charge in [-0.15, -0.1) is 0 Å². The molecular weight excluding hydrogens is 224 g/mol. The van der Waals surface area contributed by atoms with Crippen LogP contribution >= 0.6 is 0 Å². The van der Waals surface area contributed by atoms with Crippen molar-refractivity contribution in [1.82, 2.24) is 5.32 Å². The molecule has 0 spiro atoms. The molecule has 4 heteroatoms. The van der Waals surface area contributed by atoms with E-state index in [1.807, 2.05) is 13.8 Å². The summed E-state index contributed by atoms with van der Waals surface area (Å²) in [7, 11) is 0. The third-order valence-corrected chi connectivity index (χ3v) is 2.74. The van der Waals surface area contributed by atoms with Gasteiger partial charge in [0, 0.05) is 24.6 Å². The molecule has 1 rings (SSSR count). The molecule has 0 aromatic heterocycles. The highest BCUT2D eigenvalue weighted by atomic mass is 19.1. The molecule has 96 valence electrons. The summed E-state index contributed by atoms with van der Waals surface area (Å²) in [6.45, 7) is 5.20. The molecule has 0 amide bonds. The highest BCUT2D eigenvalue weighted by Crippen LogP contribution is 2.25. The number of aliphatic hydroxyl groups is 1. The van der Waals surface area contributed by atoms with Crippen molar-refractivity contribution in [2.75, 3.05) is 19.7 Å². The van der Waals surface area contributed by atoms with Crippen LogP contribution in [0.15, 0.2) is 18.2 Å². The standard InChI is InChI=1S/C13H19F2NO/c1-13(2,9-16-6-3-7-17)11-5-4-10(14)8-12(11)15/h4-5,8,16-17H,3,6-7,9H2,1-2H3. The van der Waals surface area contributed by atoms with Gasteiger partial charge < -0.3 is 10.4 Å². The summed E-state index contributed by atoms with van der Waals surface area (Å²) in [6.07, 6.45) is 0.669. The molecule has 17 heavy (non-hydrogen) atoms. The van der Waals surface area contributed by atoms with E-state index < -0.39 is 17.0 Å². The van der Waals surface area contributed by atoms with Crippen molar-refractivity contribution in [2.24, 2.45) is 0 Å². The maximum atomic E-state index is 13.6. The molecule has 1 aromatic carbocycles. The Bertz CT molecular complexity index is 366. The van der Waals surface area contributed by atoms with Crippen molar-refractivity contribution in [1.29, 1.82) is 0 Å². The van der Waals surface area contributed by atoms with E-state index in [4.69, 9.17) is 5.11 Å². The topological polar surface area (TPSA) is 32.3 Å². The number of rotatable bonds is 6. The van der Waals surface area contributed by atoms with Gasteiger partial charge in [0.15, 0.2) is 0 Å². The van der Waals surface area contributed by atoms with Gasteiger partial charge >= 0.3 is 0 Å². The lowest BCUT2D eigenvalue weighted by Gasteiger charge is -2.26. The SMILES string of the molecule is CC(C)(CNCCCO)c1ccc(F)cc1F. The van der Waals surface area contributed by atoms with E-state index in [1.54, 1.807) is 0 Å². The first kappa shape index (κ1) is 14.1. The van der Waals surface area contributed by atoms with Crippen LogP contribution in [0.4, 0.5) is 8.78 Å². The zero-order valence-electron chi connectivity index (χ0n) is 10.3. The molecule has 0 atom stereocenters. The minimum absolute atomic E-state index is 0.137. The van der Waals surface area contributed by atoms with Crippen LogP contribution in [0.25, 0.3) is 0 Å². The normalized spacial score (nSPS) is 11.8. The molecule has 0 aliphatic rings. The number of hydrogen-bond acceptors (Lipinski definition) is 2. The van der Waals surface area contributed by atoms with Crippen LogP contribution in [-0.4, -0.2) is 24.8 Å². The Balaban J connectivity index is 2.68. The smallest absolute Gasteiger partial charge is 0.129 e. The molecule has 0 saturated carbocycles. The number of hydrogen-bond donors (Lipinski definition) is 2. The Hall–Kier alpha value is -1.00. The van der Waals surface area contributed by atoms with Gasteiger partial charge in [-0.2, -0.15) is 0 Å². The summed E-state index contributed by atoms with van der Waals surface area (Å²) in [4.78, 5) is 0. The van der Waals surface area contributed by atoms with E-state index in [9.17, 15) is 8.78 Å². The second-order valence-electron chi connectivity index (χ2n) is 4.76. The van der Waals surface area contributed by atoms with Crippen molar-refractivity contribution < 1.29 is 13.9 Å². The minimum Gasteiger partial charge on any atom is -0.396 e. The lowest BCUT2D eigenvalue weighted by atomic mass is 9.84.